The Hall–Kier alpha value is -1.07. The van der Waals surface area contributed by atoms with Crippen LogP contribution in [0.5, 0.6) is 0 Å². The summed E-state index contributed by atoms with van der Waals surface area (Å²) in [4.78, 5) is 25.0. The Kier molecular flexibility index (Phi) is 5.62. The van der Waals surface area contributed by atoms with Crippen LogP contribution in [0.2, 0.25) is 4.34 Å². The topological polar surface area (TPSA) is 57.6 Å². The highest BCUT2D eigenvalue weighted by molar-refractivity contribution is 7.16. The second-order valence-corrected chi connectivity index (χ2v) is 6.24. The highest BCUT2D eigenvalue weighted by atomic mass is 35.5. The molecule has 100 valence electrons. The van der Waals surface area contributed by atoms with Crippen molar-refractivity contribution in [3.63, 3.8) is 0 Å². The van der Waals surface area contributed by atoms with Crippen molar-refractivity contribution in [1.82, 2.24) is 4.90 Å². The lowest BCUT2D eigenvalue weighted by molar-refractivity contribution is -0.144. The summed E-state index contributed by atoms with van der Waals surface area (Å²) in [6, 6.07) is 3.53. The van der Waals surface area contributed by atoms with Gasteiger partial charge in [-0.15, -0.1) is 11.3 Å². The van der Waals surface area contributed by atoms with Crippen LogP contribution in [0.25, 0.3) is 0 Å². The Labute approximate surface area is 115 Å². The number of hydrogen-bond donors (Lipinski definition) is 1. The van der Waals surface area contributed by atoms with E-state index in [0.717, 1.165) is 4.88 Å². The van der Waals surface area contributed by atoms with Gasteiger partial charge in [0.05, 0.1) is 10.8 Å². The van der Waals surface area contributed by atoms with Gasteiger partial charge < -0.3 is 10.0 Å². The summed E-state index contributed by atoms with van der Waals surface area (Å²) >= 11 is 7.13. The van der Waals surface area contributed by atoms with Crippen LogP contribution in [0.1, 0.15) is 18.7 Å². The van der Waals surface area contributed by atoms with E-state index < -0.39 is 5.97 Å². The van der Waals surface area contributed by atoms with Crippen LogP contribution in [0.15, 0.2) is 12.1 Å². The molecule has 1 rings (SSSR count). The van der Waals surface area contributed by atoms with Crippen LogP contribution >= 0.6 is 22.9 Å². The first-order valence-corrected chi connectivity index (χ1v) is 6.81. The van der Waals surface area contributed by atoms with Crippen molar-refractivity contribution >= 4 is 34.8 Å². The van der Waals surface area contributed by atoms with Crippen LogP contribution in [-0.4, -0.2) is 35.0 Å². The van der Waals surface area contributed by atoms with Gasteiger partial charge in [-0.05, 0) is 18.1 Å². The number of aliphatic carboxylic acids is 1. The van der Waals surface area contributed by atoms with Gasteiger partial charge >= 0.3 is 5.97 Å². The fourth-order valence-corrected chi connectivity index (χ4v) is 2.64. The lowest BCUT2D eigenvalue weighted by Crippen LogP contribution is -2.39. The smallest absolute Gasteiger partial charge is 0.323 e. The summed E-state index contributed by atoms with van der Waals surface area (Å²) < 4.78 is 0.631. The molecule has 4 nitrogen and oxygen atoms in total. The van der Waals surface area contributed by atoms with Crippen LogP contribution in [-0.2, 0) is 16.0 Å². The van der Waals surface area contributed by atoms with E-state index in [0.29, 0.717) is 10.9 Å². The van der Waals surface area contributed by atoms with Gasteiger partial charge in [0.1, 0.15) is 6.54 Å². The lowest BCUT2D eigenvalue weighted by atomic mass is 10.2. The number of carbonyl (C=O) groups excluding carboxylic acids is 1. The van der Waals surface area contributed by atoms with Gasteiger partial charge in [-0.2, -0.15) is 0 Å². The van der Waals surface area contributed by atoms with Gasteiger partial charge in [0.25, 0.3) is 0 Å². The summed E-state index contributed by atoms with van der Waals surface area (Å²) in [5, 5.41) is 8.80. The molecule has 0 saturated carbocycles. The molecule has 0 aliphatic rings. The molecule has 6 heteroatoms. The van der Waals surface area contributed by atoms with Crippen molar-refractivity contribution < 1.29 is 14.7 Å². The van der Waals surface area contributed by atoms with Crippen molar-refractivity contribution in [2.75, 3.05) is 13.1 Å². The maximum Gasteiger partial charge on any atom is 0.323 e. The normalized spacial score (nSPS) is 10.7. The van der Waals surface area contributed by atoms with E-state index in [4.69, 9.17) is 16.7 Å². The number of carboxylic acids is 1. The molecule has 1 N–H and O–H groups in total. The zero-order valence-corrected chi connectivity index (χ0v) is 11.9. The molecule has 0 saturated heterocycles. The van der Waals surface area contributed by atoms with Gasteiger partial charge in [0, 0.05) is 11.4 Å². The van der Waals surface area contributed by atoms with Crippen molar-refractivity contribution in [3.05, 3.63) is 21.3 Å². The maximum absolute atomic E-state index is 12.0. The zero-order chi connectivity index (χ0) is 13.7. The summed E-state index contributed by atoms with van der Waals surface area (Å²) in [7, 11) is 0. The third-order valence-corrected chi connectivity index (χ3v) is 3.45. The Morgan fingerprint density at radius 2 is 2.11 bits per heavy atom. The number of thiophene rings is 1. The van der Waals surface area contributed by atoms with Crippen LogP contribution in [0.4, 0.5) is 0 Å². The van der Waals surface area contributed by atoms with Gasteiger partial charge in [-0.1, -0.05) is 25.4 Å². The van der Waals surface area contributed by atoms with Crippen molar-refractivity contribution in [1.29, 1.82) is 0 Å². The molecule has 0 bridgehead atoms. The zero-order valence-electron chi connectivity index (χ0n) is 10.4. The molecule has 0 aliphatic carbocycles. The Bertz CT molecular complexity index is 431. The van der Waals surface area contributed by atoms with Gasteiger partial charge in [-0.25, -0.2) is 0 Å². The quantitative estimate of drug-likeness (QED) is 0.875. The summed E-state index contributed by atoms with van der Waals surface area (Å²) in [5.74, 6) is -0.932. The number of halogens is 1. The summed E-state index contributed by atoms with van der Waals surface area (Å²) in [5.41, 5.74) is 0. The second kappa shape index (κ2) is 6.75. The fraction of sp³-hybridized carbons (Fsp3) is 0.500. The van der Waals surface area contributed by atoms with Gasteiger partial charge in [-0.3, -0.25) is 9.59 Å². The Morgan fingerprint density at radius 3 is 2.56 bits per heavy atom. The molecule has 0 fully saturated rings. The van der Waals surface area contributed by atoms with E-state index in [1.54, 1.807) is 12.1 Å². The molecule has 1 aromatic rings. The average molecular weight is 290 g/mol. The minimum atomic E-state index is -0.992. The first-order chi connectivity index (χ1) is 8.38. The predicted molar refractivity (Wildman–Crippen MR) is 72.1 cm³/mol. The number of nitrogens with zero attached hydrogens (tertiary/aromatic N) is 1. The molecule has 1 aromatic heterocycles. The van der Waals surface area contributed by atoms with E-state index in [2.05, 4.69) is 0 Å². The molecule has 1 heterocycles. The second-order valence-electron chi connectivity index (χ2n) is 4.44. The standard InChI is InChI=1S/C12H16ClNO3S/c1-8(2)6-14(7-12(16)17)11(15)5-9-3-4-10(13)18-9/h3-4,8H,5-7H2,1-2H3,(H,16,17). The molecule has 0 unspecified atom stereocenters. The minimum absolute atomic E-state index is 0.176. The number of hydrogen-bond acceptors (Lipinski definition) is 3. The molecule has 0 radical (unpaired) electrons. The Morgan fingerprint density at radius 1 is 1.44 bits per heavy atom. The summed E-state index contributed by atoms with van der Waals surface area (Å²) in [6.07, 6.45) is 0.206. The van der Waals surface area contributed by atoms with Crippen LogP contribution in [0.3, 0.4) is 0 Å². The van der Waals surface area contributed by atoms with Crippen LogP contribution < -0.4 is 0 Å². The SMILES string of the molecule is CC(C)CN(CC(=O)O)C(=O)Cc1ccc(Cl)s1. The first kappa shape index (κ1) is 15.0. The monoisotopic (exact) mass is 289 g/mol. The highest BCUT2D eigenvalue weighted by Gasteiger charge is 2.18. The predicted octanol–water partition coefficient (Wildman–Crippen LogP) is 2.51. The highest BCUT2D eigenvalue weighted by Crippen LogP contribution is 2.22. The molecule has 0 aliphatic heterocycles. The van der Waals surface area contributed by atoms with Crippen LogP contribution in [0, 0.1) is 5.92 Å². The fourth-order valence-electron chi connectivity index (χ4n) is 1.57. The number of carbonyl (C=O) groups is 2. The lowest BCUT2D eigenvalue weighted by Gasteiger charge is -2.22. The van der Waals surface area contributed by atoms with Gasteiger partial charge in [0.2, 0.25) is 5.91 Å². The number of rotatable bonds is 6. The number of carboxylic acid groups (broad SMARTS) is 1. The van der Waals surface area contributed by atoms with Gasteiger partial charge in [0.15, 0.2) is 0 Å². The third-order valence-electron chi connectivity index (χ3n) is 2.22. The maximum atomic E-state index is 12.0. The molecule has 1 amide bonds. The molecule has 0 aromatic carbocycles. The van der Waals surface area contributed by atoms with E-state index >= 15 is 0 Å². The molecule has 0 atom stereocenters. The van der Waals surface area contributed by atoms with Crippen molar-refractivity contribution in [2.45, 2.75) is 20.3 Å². The average Bonchev–Trinajstić information content (AvgIpc) is 2.61. The van der Waals surface area contributed by atoms with Crippen molar-refractivity contribution in [2.24, 2.45) is 5.92 Å². The minimum Gasteiger partial charge on any atom is -0.480 e. The molecular formula is C12H16ClNO3S. The van der Waals surface area contributed by atoms with E-state index in [-0.39, 0.29) is 24.8 Å². The molecule has 0 spiro atoms. The van der Waals surface area contributed by atoms with Crippen molar-refractivity contribution in [3.8, 4) is 0 Å². The molecular weight excluding hydrogens is 274 g/mol. The van der Waals surface area contributed by atoms with E-state index in [1.165, 1.54) is 16.2 Å². The largest absolute Gasteiger partial charge is 0.480 e. The first-order valence-electron chi connectivity index (χ1n) is 5.62. The third kappa shape index (κ3) is 5.06. The summed E-state index contributed by atoms with van der Waals surface area (Å²) in [6.45, 7) is 4.09. The Balaban J connectivity index is 2.66. The molecule has 18 heavy (non-hydrogen) atoms. The number of amides is 1. The van der Waals surface area contributed by atoms with E-state index in [1.807, 2.05) is 13.8 Å². The van der Waals surface area contributed by atoms with E-state index in [9.17, 15) is 9.59 Å².